The highest BCUT2D eigenvalue weighted by molar-refractivity contribution is 7.89. The standard InChI is InChI=1S/C31H31ClN2O7S/c1-17(2)27(31(36)40-6)34-42(37,38)23-13-9-21(10-14-23)20-7-11-22(12-8-20)33-30(35)28-18(3)26-25(41-28)16-15-24(19(4)32)29(26)39-5/h7-17,27,34H,4H2,1-3,5-6H3,(H,33,35). The van der Waals surface area contributed by atoms with E-state index in [2.05, 4.69) is 16.6 Å². The largest absolute Gasteiger partial charge is 0.495 e. The van der Waals surface area contributed by atoms with Crippen molar-refractivity contribution < 1.29 is 31.9 Å². The van der Waals surface area contributed by atoms with Crippen LogP contribution in [0.15, 0.2) is 76.6 Å². The molecule has 4 aromatic rings. The molecule has 1 amide bonds. The fourth-order valence-corrected chi connectivity index (χ4v) is 6.01. The normalized spacial score (nSPS) is 12.3. The van der Waals surface area contributed by atoms with Crippen molar-refractivity contribution in [2.75, 3.05) is 19.5 Å². The van der Waals surface area contributed by atoms with Gasteiger partial charge in [-0.3, -0.25) is 9.59 Å². The minimum atomic E-state index is -3.96. The lowest BCUT2D eigenvalue weighted by Crippen LogP contribution is -2.44. The molecule has 2 N–H and O–H groups in total. The van der Waals surface area contributed by atoms with Gasteiger partial charge in [0.1, 0.15) is 17.4 Å². The molecule has 3 aromatic carbocycles. The second kappa shape index (κ2) is 12.4. The van der Waals surface area contributed by atoms with Crippen LogP contribution < -0.4 is 14.8 Å². The summed E-state index contributed by atoms with van der Waals surface area (Å²) >= 11 is 6.12. The molecule has 11 heteroatoms. The summed E-state index contributed by atoms with van der Waals surface area (Å²) in [6, 6.07) is 15.8. The smallest absolute Gasteiger partial charge is 0.324 e. The summed E-state index contributed by atoms with van der Waals surface area (Å²) < 4.78 is 44.3. The Hall–Kier alpha value is -4.12. The summed E-state index contributed by atoms with van der Waals surface area (Å²) in [4.78, 5) is 25.1. The van der Waals surface area contributed by atoms with Crippen LogP contribution in [0.3, 0.4) is 0 Å². The van der Waals surface area contributed by atoms with E-state index in [0.717, 1.165) is 11.1 Å². The van der Waals surface area contributed by atoms with Gasteiger partial charge < -0.3 is 19.2 Å². The Bertz CT molecular complexity index is 1760. The number of hydrogen-bond acceptors (Lipinski definition) is 7. The van der Waals surface area contributed by atoms with E-state index in [9.17, 15) is 18.0 Å². The summed E-state index contributed by atoms with van der Waals surface area (Å²) in [5, 5.41) is 3.79. The van der Waals surface area contributed by atoms with Gasteiger partial charge in [0.2, 0.25) is 10.0 Å². The molecule has 0 bridgehead atoms. The van der Waals surface area contributed by atoms with Gasteiger partial charge in [-0.15, -0.1) is 0 Å². The van der Waals surface area contributed by atoms with Gasteiger partial charge in [0, 0.05) is 21.8 Å². The molecule has 0 aliphatic heterocycles. The molecular formula is C31H31ClN2O7S. The molecule has 0 saturated carbocycles. The number of esters is 1. The number of carbonyl (C=O) groups excluding carboxylic acids is 2. The summed E-state index contributed by atoms with van der Waals surface area (Å²) in [6.45, 7) is 8.99. The molecule has 42 heavy (non-hydrogen) atoms. The Morgan fingerprint density at radius 2 is 1.55 bits per heavy atom. The van der Waals surface area contributed by atoms with Crippen molar-refractivity contribution in [1.82, 2.24) is 4.72 Å². The molecule has 1 aromatic heterocycles. The fraction of sp³-hybridized carbons (Fsp3) is 0.226. The van der Waals surface area contributed by atoms with E-state index in [4.69, 9.17) is 25.5 Å². The highest BCUT2D eigenvalue weighted by atomic mass is 35.5. The Morgan fingerprint density at radius 3 is 2.07 bits per heavy atom. The number of halogens is 1. The summed E-state index contributed by atoms with van der Waals surface area (Å²) in [6.07, 6.45) is 0. The van der Waals surface area contributed by atoms with Crippen molar-refractivity contribution >= 4 is 55.2 Å². The van der Waals surface area contributed by atoms with Crippen molar-refractivity contribution in [3.8, 4) is 16.9 Å². The minimum Gasteiger partial charge on any atom is -0.495 e. The Balaban J connectivity index is 1.50. The van der Waals surface area contributed by atoms with Gasteiger partial charge >= 0.3 is 5.97 Å². The van der Waals surface area contributed by atoms with E-state index < -0.39 is 27.9 Å². The van der Waals surface area contributed by atoms with Crippen molar-refractivity contribution in [3.05, 3.63) is 84.1 Å². The van der Waals surface area contributed by atoms with Gasteiger partial charge in [-0.2, -0.15) is 4.72 Å². The first-order valence-corrected chi connectivity index (χ1v) is 14.8. The van der Waals surface area contributed by atoms with Crippen LogP contribution in [0.1, 0.15) is 35.5 Å². The molecule has 4 rings (SSSR count). The van der Waals surface area contributed by atoms with Crippen LogP contribution >= 0.6 is 11.6 Å². The lowest BCUT2D eigenvalue weighted by atomic mass is 10.1. The summed E-state index contributed by atoms with van der Waals surface area (Å²) in [7, 11) is -1.23. The number of ether oxygens (including phenoxy) is 2. The number of fused-ring (bicyclic) bond motifs is 1. The second-order valence-electron chi connectivity index (χ2n) is 9.90. The molecule has 0 saturated heterocycles. The van der Waals surface area contributed by atoms with Gasteiger partial charge in [0.25, 0.3) is 5.91 Å². The first-order chi connectivity index (χ1) is 19.9. The molecule has 1 heterocycles. The topological polar surface area (TPSA) is 124 Å². The zero-order chi connectivity index (χ0) is 30.8. The summed E-state index contributed by atoms with van der Waals surface area (Å²) in [5.41, 5.74) is 3.80. The zero-order valence-corrected chi connectivity index (χ0v) is 25.4. The Morgan fingerprint density at radius 1 is 0.952 bits per heavy atom. The molecule has 0 fully saturated rings. The number of amides is 1. The number of carbonyl (C=O) groups is 2. The molecule has 220 valence electrons. The number of hydrogen-bond donors (Lipinski definition) is 2. The SMILES string of the molecule is C=C(Cl)c1ccc2oc(C(=O)Nc3ccc(-c4ccc(S(=O)(=O)NC(C(=O)OC)C(C)C)cc4)cc3)c(C)c2c1OC. The van der Waals surface area contributed by atoms with Crippen LogP contribution in [0.25, 0.3) is 27.1 Å². The maximum absolute atomic E-state index is 13.1. The molecular weight excluding hydrogens is 580 g/mol. The van der Waals surface area contributed by atoms with Crippen LogP contribution in [-0.4, -0.2) is 40.6 Å². The lowest BCUT2D eigenvalue weighted by Gasteiger charge is -2.19. The molecule has 1 atom stereocenters. The van der Waals surface area contributed by atoms with Gasteiger partial charge in [-0.25, -0.2) is 8.42 Å². The van der Waals surface area contributed by atoms with Crippen LogP contribution in [0.2, 0.25) is 0 Å². The van der Waals surface area contributed by atoms with Crippen LogP contribution in [0.5, 0.6) is 5.75 Å². The number of anilines is 1. The van der Waals surface area contributed by atoms with E-state index in [1.54, 1.807) is 69.3 Å². The lowest BCUT2D eigenvalue weighted by molar-refractivity contribution is -0.143. The number of sulfonamides is 1. The highest BCUT2D eigenvalue weighted by Gasteiger charge is 2.29. The quantitative estimate of drug-likeness (QED) is 0.200. The Labute approximate surface area is 249 Å². The van der Waals surface area contributed by atoms with Crippen molar-refractivity contribution in [2.45, 2.75) is 31.7 Å². The Kier molecular flexibility index (Phi) is 9.10. The maximum atomic E-state index is 13.1. The van der Waals surface area contributed by atoms with Gasteiger partial charge in [-0.05, 0) is 60.4 Å². The van der Waals surface area contributed by atoms with Crippen LogP contribution in [-0.2, 0) is 19.6 Å². The van der Waals surface area contributed by atoms with Crippen molar-refractivity contribution in [2.24, 2.45) is 5.92 Å². The number of methoxy groups -OCH3 is 2. The number of furan rings is 1. The maximum Gasteiger partial charge on any atom is 0.324 e. The molecule has 0 radical (unpaired) electrons. The van der Waals surface area contributed by atoms with Crippen LogP contribution in [0, 0.1) is 12.8 Å². The van der Waals surface area contributed by atoms with Crippen molar-refractivity contribution in [3.63, 3.8) is 0 Å². The zero-order valence-electron chi connectivity index (χ0n) is 23.8. The average molecular weight is 611 g/mol. The monoisotopic (exact) mass is 610 g/mol. The second-order valence-corrected chi connectivity index (χ2v) is 12.1. The molecule has 0 spiro atoms. The first kappa shape index (κ1) is 30.8. The van der Waals surface area contributed by atoms with E-state index in [-0.39, 0.29) is 16.6 Å². The van der Waals surface area contributed by atoms with E-state index in [1.807, 2.05) is 0 Å². The van der Waals surface area contributed by atoms with E-state index >= 15 is 0 Å². The summed E-state index contributed by atoms with van der Waals surface area (Å²) in [5.74, 6) is -0.761. The highest BCUT2D eigenvalue weighted by Crippen LogP contribution is 2.39. The molecule has 0 aliphatic rings. The third-order valence-corrected chi connectivity index (χ3v) is 8.45. The predicted molar refractivity (Wildman–Crippen MR) is 163 cm³/mol. The number of nitrogens with one attached hydrogen (secondary N) is 2. The number of aryl methyl sites for hydroxylation is 1. The predicted octanol–water partition coefficient (Wildman–Crippen LogP) is 6.35. The minimum absolute atomic E-state index is 0.0185. The van der Waals surface area contributed by atoms with Crippen molar-refractivity contribution in [1.29, 1.82) is 0 Å². The molecule has 0 aliphatic carbocycles. The number of rotatable bonds is 10. The average Bonchev–Trinajstić information content (AvgIpc) is 3.31. The van der Waals surface area contributed by atoms with Gasteiger partial charge in [-0.1, -0.05) is 56.3 Å². The first-order valence-electron chi connectivity index (χ1n) is 12.9. The van der Waals surface area contributed by atoms with E-state index in [0.29, 0.717) is 38.6 Å². The molecule has 9 nitrogen and oxygen atoms in total. The fourth-order valence-electron chi connectivity index (χ4n) is 4.53. The number of benzene rings is 3. The van der Waals surface area contributed by atoms with Gasteiger partial charge in [0.15, 0.2) is 5.76 Å². The van der Waals surface area contributed by atoms with E-state index in [1.165, 1.54) is 26.4 Å². The van der Waals surface area contributed by atoms with Crippen LogP contribution in [0.4, 0.5) is 5.69 Å². The third kappa shape index (κ3) is 6.20. The molecule has 1 unspecified atom stereocenters. The third-order valence-electron chi connectivity index (χ3n) is 6.79. The van der Waals surface area contributed by atoms with Gasteiger partial charge in [0.05, 0.1) is 24.5 Å².